The number of aromatic nitrogens is 3. The Hall–Kier alpha value is -1.27. The first-order valence-electron chi connectivity index (χ1n) is 6.21. The third kappa shape index (κ3) is 3.61. The minimum atomic E-state index is 0.0765. The molecule has 0 saturated carbocycles. The summed E-state index contributed by atoms with van der Waals surface area (Å²) in [4.78, 5) is 4.15. The van der Waals surface area contributed by atoms with Crippen LogP contribution in [0, 0.1) is 6.92 Å². The first kappa shape index (κ1) is 14.1. The molecule has 0 saturated heterocycles. The lowest BCUT2D eigenvalue weighted by molar-refractivity contribution is 0.421. The Labute approximate surface area is 117 Å². The van der Waals surface area contributed by atoms with Crippen LogP contribution in [0.3, 0.4) is 0 Å². The lowest BCUT2D eigenvalue weighted by Crippen LogP contribution is -2.35. The van der Waals surface area contributed by atoms with Gasteiger partial charge in [0.25, 0.3) is 5.22 Å². The fourth-order valence-corrected chi connectivity index (χ4v) is 2.61. The lowest BCUT2D eigenvalue weighted by atomic mass is 10.1. The second kappa shape index (κ2) is 5.38. The zero-order valence-corrected chi connectivity index (χ0v) is 12.8. The summed E-state index contributed by atoms with van der Waals surface area (Å²) in [6.07, 6.45) is 3.23. The lowest BCUT2D eigenvalue weighted by Gasteiger charge is -2.20. The fourth-order valence-electron chi connectivity index (χ4n) is 1.71. The van der Waals surface area contributed by atoms with Crippen molar-refractivity contribution in [3.63, 3.8) is 0 Å². The van der Waals surface area contributed by atoms with E-state index in [9.17, 15) is 0 Å². The van der Waals surface area contributed by atoms with Crippen LogP contribution in [0.15, 0.2) is 27.1 Å². The summed E-state index contributed by atoms with van der Waals surface area (Å²) >= 11 is 1.50. The van der Waals surface area contributed by atoms with E-state index >= 15 is 0 Å². The molecular formula is C13H20N4OS. The predicted octanol–water partition coefficient (Wildman–Crippen LogP) is 2.76. The van der Waals surface area contributed by atoms with Gasteiger partial charge < -0.3 is 9.73 Å². The first-order valence-corrected chi connectivity index (χ1v) is 7.03. The number of hydrogen-bond donors (Lipinski definition) is 1. The highest BCUT2D eigenvalue weighted by atomic mass is 32.2. The van der Waals surface area contributed by atoms with Gasteiger partial charge in [0.05, 0.1) is 11.9 Å². The van der Waals surface area contributed by atoms with Crippen molar-refractivity contribution < 1.29 is 4.42 Å². The van der Waals surface area contributed by atoms with Crippen molar-refractivity contribution in [2.75, 3.05) is 0 Å². The number of nitrogens with zero attached hydrogens (tertiary/aromatic N) is 3. The van der Waals surface area contributed by atoms with Crippen molar-refractivity contribution >= 4 is 11.8 Å². The molecule has 0 amide bonds. The van der Waals surface area contributed by atoms with Gasteiger partial charge in [0, 0.05) is 24.7 Å². The summed E-state index contributed by atoms with van der Waals surface area (Å²) in [6.45, 7) is 9.27. The molecule has 2 aromatic rings. The van der Waals surface area contributed by atoms with E-state index in [0.29, 0.717) is 5.22 Å². The molecule has 0 aliphatic rings. The van der Waals surface area contributed by atoms with Crippen LogP contribution in [-0.4, -0.2) is 20.3 Å². The topological polar surface area (TPSA) is 55.9 Å². The van der Waals surface area contributed by atoms with Gasteiger partial charge in [-0.15, -0.1) is 0 Å². The highest BCUT2D eigenvalue weighted by Gasteiger charge is 2.18. The molecule has 0 spiro atoms. The third-order valence-electron chi connectivity index (χ3n) is 2.68. The van der Waals surface area contributed by atoms with Gasteiger partial charge in [0.1, 0.15) is 11.3 Å². The van der Waals surface area contributed by atoms with Gasteiger partial charge in [-0.05, 0) is 39.5 Å². The molecule has 104 valence electrons. The van der Waals surface area contributed by atoms with Gasteiger partial charge in [0.15, 0.2) is 0 Å². The van der Waals surface area contributed by atoms with Crippen molar-refractivity contribution in [3.8, 4) is 0 Å². The van der Waals surface area contributed by atoms with Crippen molar-refractivity contribution in [2.45, 2.75) is 50.0 Å². The molecule has 0 fully saturated rings. The van der Waals surface area contributed by atoms with E-state index in [2.05, 4.69) is 36.2 Å². The van der Waals surface area contributed by atoms with Crippen molar-refractivity contribution in [3.05, 3.63) is 23.7 Å². The molecule has 2 aromatic heterocycles. The SMILES string of the molecule is Cc1nn(C)c(Sc2ncco2)c1CNC(C)(C)C. The molecular weight excluding hydrogens is 260 g/mol. The minimum absolute atomic E-state index is 0.0765. The Morgan fingerprint density at radius 3 is 2.74 bits per heavy atom. The summed E-state index contributed by atoms with van der Waals surface area (Å²) in [5, 5.41) is 9.68. The summed E-state index contributed by atoms with van der Waals surface area (Å²) in [7, 11) is 1.94. The maximum Gasteiger partial charge on any atom is 0.261 e. The summed E-state index contributed by atoms with van der Waals surface area (Å²) in [5.41, 5.74) is 2.31. The molecule has 2 rings (SSSR count). The van der Waals surface area contributed by atoms with E-state index in [1.165, 1.54) is 17.3 Å². The molecule has 0 aromatic carbocycles. The first-order chi connectivity index (χ1) is 8.87. The quantitative estimate of drug-likeness (QED) is 0.933. The molecule has 6 heteroatoms. The third-order valence-corrected chi connectivity index (χ3v) is 3.76. The number of aryl methyl sites for hydroxylation is 2. The second-order valence-electron chi connectivity index (χ2n) is 5.50. The summed E-state index contributed by atoms with van der Waals surface area (Å²) in [5.74, 6) is 0. The van der Waals surface area contributed by atoms with Crippen LogP contribution in [0.25, 0.3) is 0 Å². The van der Waals surface area contributed by atoms with E-state index in [0.717, 1.165) is 17.3 Å². The monoisotopic (exact) mass is 280 g/mol. The van der Waals surface area contributed by atoms with E-state index in [1.54, 1.807) is 12.5 Å². The zero-order valence-electron chi connectivity index (χ0n) is 12.0. The molecule has 2 heterocycles. The molecule has 19 heavy (non-hydrogen) atoms. The Balaban J connectivity index is 2.22. The van der Waals surface area contributed by atoms with Crippen LogP contribution in [-0.2, 0) is 13.6 Å². The maximum atomic E-state index is 5.29. The summed E-state index contributed by atoms with van der Waals surface area (Å²) < 4.78 is 7.17. The zero-order chi connectivity index (χ0) is 14.0. The summed E-state index contributed by atoms with van der Waals surface area (Å²) in [6, 6.07) is 0. The second-order valence-corrected chi connectivity index (χ2v) is 6.44. The maximum absolute atomic E-state index is 5.29. The van der Waals surface area contributed by atoms with E-state index in [1.807, 2.05) is 18.7 Å². The van der Waals surface area contributed by atoms with Gasteiger partial charge in [-0.3, -0.25) is 4.68 Å². The Morgan fingerprint density at radius 2 is 2.16 bits per heavy atom. The normalized spacial score (nSPS) is 12.1. The van der Waals surface area contributed by atoms with Crippen molar-refractivity contribution in [1.29, 1.82) is 0 Å². The molecule has 0 aliphatic carbocycles. The van der Waals surface area contributed by atoms with Gasteiger partial charge >= 0.3 is 0 Å². The highest BCUT2D eigenvalue weighted by Crippen LogP contribution is 2.30. The van der Waals surface area contributed by atoms with Crippen molar-refractivity contribution in [1.82, 2.24) is 20.1 Å². The van der Waals surface area contributed by atoms with Gasteiger partial charge in [-0.25, -0.2) is 4.98 Å². The van der Waals surface area contributed by atoms with Gasteiger partial charge in [-0.2, -0.15) is 5.10 Å². The molecule has 0 aliphatic heterocycles. The molecule has 0 radical (unpaired) electrons. The number of rotatable bonds is 4. The van der Waals surface area contributed by atoms with Crippen LogP contribution in [0.4, 0.5) is 0 Å². The van der Waals surface area contributed by atoms with Crippen LogP contribution >= 0.6 is 11.8 Å². The van der Waals surface area contributed by atoms with Crippen LogP contribution < -0.4 is 5.32 Å². The Kier molecular flexibility index (Phi) is 4.01. The predicted molar refractivity (Wildman–Crippen MR) is 75.2 cm³/mol. The standard InChI is InChI=1S/C13H20N4OS/c1-9-10(8-15-13(2,3)4)11(17(5)16-9)19-12-14-6-7-18-12/h6-7,15H,8H2,1-5H3. The smallest absolute Gasteiger partial charge is 0.261 e. The number of nitrogens with one attached hydrogen (secondary N) is 1. The Bertz CT molecular complexity index is 540. The molecule has 1 N–H and O–H groups in total. The molecule has 0 bridgehead atoms. The average Bonchev–Trinajstić information content (AvgIpc) is 2.86. The van der Waals surface area contributed by atoms with Crippen molar-refractivity contribution in [2.24, 2.45) is 7.05 Å². The van der Waals surface area contributed by atoms with Crippen LogP contribution in [0.2, 0.25) is 0 Å². The van der Waals surface area contributed by atoms with Crippen LogP contribution in [0.1, 0.15) is 32.0 Å². The largest absolute Gasteiger partial charge is 0.440 e. The van der Waals surface area contributed by atoms with E-state index < -0.39 is 0 Å². The Morgan fingerprint density at radius 1 is 1.42 bits per heavy atom. The average molecular weight is 280 g/mol. The van der Waals surface area contributed by atoms with Gasteiger partial charge in [0.2, 0.25) is 0 Å². The minimum Gasteiger partial charge on any atom is -0.440 e. The van der Waals surface area contributed by atoms with Crippen LogP contribution in [0.5, 0.6) is 0 Å². The van der Waals surface area contributed by atoms with E-state index in [4.69, 9.17) is 4.42 Å². The molecule has 0 unspecified atom stereocenters. The van der Waals surface area contributed by atoms with E-state index in [-0.39, 0.29) is 5.54 Å². The van der Waals surface area contributed by atoms with Gasteiger partial charge in [-0.1, -0.05) is 0 Å². The highest BCUT2D eigenvalue weighted by molar-refractivity contribution is 7.99. The number of oxazole rings is 1. The number of hydrogen-bond acceptors (Lipinski definition) is 5. The molecule has 0 atom stereocenters. The fraction of sp³-hybridized carbons (Fsp3) is 0.538. The molecule has 5 nitrogen and oxygen atoms in total.